The highest BCUT2D eigenvalue weighted by Gasteiger charge is 2.39. The quantitative estimate of drug-likeness (QED) is 0.795. The fourth-order valence-corrected chi connectivity index (χ4v) is 4.09. The van der Waals surface area contributed by atoms with Gasteiger partial charge < -0.3 is 15.6 Å². The number of ether oxygens (including phenoxy) is 1. The molecule has 118 valence electrons. The van der Waals surface area contributed by atoms with Crippen molar-refractivity contribution in [2.45, 2.75) is 30.4 Å². The summed E-state index contributed by atoms with van der Waals surface area (Å²) in [6.07, 6.45) is -0.616. The van der Waals surface area contributed by atoms with E-state index in [2.05, 4.69) is 0 Å². The van der Waals surface area contributed by atoms with Crippen LogP contribution in [0.4, 0.5) is 10.1 Å². The maximum absolute atomic E-state index is 13.4. The van der Waals surface area contributed by atoms with Gasteiger partial charge in [-0.15, -0.1) is 0 Å². The van der Waals surface area contributed by atoms with Crippen LogP contribution in [0.1, 0.15) is 13.8 Å². The van der Waals surface area contributed by atoms with E-state index in [1.54, 1.807) is 13.8 Å². The Morgan fingerprint density at radius 1 is 1.48 bits per heavy atom. The lowest BCUT2D eigenvalue weighted by Crippen LogP contribution is -2.55. The summed E-state index contributed by atoms with van der Waals surface area (Å²) in [4.78, 5) is -0.200. The van der Waals surface area contributed by atoms with E-state index in [0.717, 1.165) is 12.1 Å². The number of anilines is 1. The lowest BCUT2D eigenvalue weighted by molar-refractivity contribution is -0.131. The molecule has 1 fully saturated rings. The Bertz CT molecular complexity index is 613. The molecule has 1 aromatic carbocycles. The molecule has 1 aromatic rings. The van der Waals surface area contributed by atoms with Crippen LogP contribution in [0.25, 0.3) is 0 Å². The first-order valence-corrected chi connectivity index (χ1v) is 7.93. The summed E-state index contributed by atoms with van der Waals surface area (Å²) in [5.41, 5.74) is 4.81. The van der Waals surface area contributed by atoms with Gasteiger partial charge in [-0.05, 0) is 32.0 Å². The molecule has 6 nitrogen and oxygen atoms in total. The summed E-state index contributed by atoms with van der Waals surface area (Å²) in [7, 11) is -3.90. The minimum atomic E-state index is -3.90. The monoisotopic (exact) mass is 318 g/mol. The molecule has 0 radical (unpaired) electrons. The van der Waals surface area contributed by atoms with Crippen LogP contribution < -0.4 is 5.73 Å². The van der Waals surface area contributed by atoms with Crippen LogP contribution in [0.5, 0.6) is 0 Å². The van der Waals surface area contributed by atoms with Gasteiger partial charge in [0.25, 0.3) is 0 Å². The van der Waals surface area contributed by atoms with Crippen LogP contribution in [-0.4, -0.2) is 49.2 Å². The predicted molar refractivity (Wildman–Crippen MR) is 75.6 cm³/mol. The fourth-order valence-electron chi connectivity index (χ4n) is 2.40. The number of halogens is 1. The SMILES string of the molecule is CC1(C)CN(S(=O)(=O)c2cc(N)cc(F)c2)CC(CO)O1. The molecule has 21 heavy (non-hydrogen) atoms. The molecule has 1 saturated heterocycles. The normalized spacial score (nSPS) is 23.1. The molecule has 0 spiro atoms. The molecular weight excluding hydrogens is 299 g/mol. The Kier molecular flexibility index (Phi) is 4.25. The van der Waals surface area contributed by atoms with Gasteiger partial charge in [0.1, 0.15) is 5.82 Å². The largest absolute Gasteiger partial charge is 0.399 e. The van der Waals surface area contributed by atoms with E-state index >= 15 is 0 Å². The second-order valence-electron chi connectivity index (χ2n) is 5.70. The highest BCUT2D eigenvalue weighted by atomic mass is 32.2. The highest BCUT2D eigenvalue weighted by molar-refractivity contribution is 7.89. The van der Waals surface area contributed by atoms with Crippen molar-refractivity contribution in [2.24, 2.45) is 0 Å². The van der Waals surface area contributed by atoms with E-state index in [9.17, 15) is 17.9 Å². The second kappa shape index (κ2) is 5.53. The zero-order chi connectivity index (χ0) is 15.8. The number of rotatable bonds is 3. The minimum absolute atomic E-state index is 0.0126. The third kappa shape index (κ3) is 3.52. The van der Waals surface area contributed by atoms with Gasteiger partial charge in [0.2, 0.25) is 10.0 Å². The maximum atomic E-state index is 13.4. The number of hydrogen-bond acceptors (Lipinski definition) is 5. The molecule has 3 N–H and O–H groups in total. The van der Waals surface area contributed by atoms with E-state index in [1.165, 1.54) is 10.4 Å². The molecule has 0 aromatic heterocycles. The van der Waals surface area contributed by atoms with Crippen LogP contribution in [-0.2, 0) is 14.8 Å². The lowest BCUT2D eigenvalue weighted by Gasteiger charge is -2.41. The molecule has 0 saturated carbocycles. The van der Waals surface area contributed by atoms with Gasteiger partial charge in [0, 0.05) is 18.8 Å². The fraction of sp³-hybridized carbons (Fsp3) is 0.538. The van der Waals surface area contributed by atoms with Crippen LogP contribution in [0.2, 0.25) is 0 Å². The molecule has 2 rings (SSSR count). The zero-order valence-electron chi connectivity index (χ0n) is 11.9. The Balaban J connectivity index is 2.38. The topological polar surface area (TPSA) is 92.9 Å². The Morgan fingerprint density at radius 3 is 2.71 bits per heavy atom. The number of sulfonamides is 1. The van der Waals surface area contributed by atoms with Gasteiger partial charge in [-0.25, -0.2) is 12.8 Å². The van der Waals surface area contributed by atoms with Gasteiger partial charge in [-0.1, -0.05) is 0 Å². The standard InChI is InChI=1S/C13H19FN2O4S/c1-13(2)8-16(6-11(7-17)20-13)21(18,19)12-4-9(14)3-10(15)5-12/h3-5,11,17H,6-8,15H2,1-2H3. The number of morpholine rings is 1. The number of benzene rings is 1. The van der Waals surface area contributed by atoms with Crippen molar-refractivity contribution in [3.8, 4) is 0 Å². The van der Waals surface area contributed by atoms with Crippen molar-refractivity contribution in [3.05, 3.63) is 24.0 Å². The van der Waals surface area contributed by atoms with Gasteiger partial charge in [-0.2, -0.15) is 4.31 Å². The highest BCUT2D eigenvalue weighted by Crippen LogP contribution is 2.27. The molecule has 1 aliphatic rings. The van der Waals surface area contributed by atoms with Crippen molar-refractivity contribution in [1.82, 2.24) is 4.31 Å². The summed E-state index contributed by atoms with van der Waals surface area (Å²) in [6.45, 7) is 3.30. The maximum Gasteiger partial charge on any atom is 0.243 e. The molecular formula is C13H19FN2O4S. The molecule has 1 atom stereocenters. The Morgan fingerprint density at radius 2 is 2.14 bits per heavy atom. The van der Waals surface area contributed by atoms with Gasteiger partial charge in [0.15, 0.2) is 0 Å². The Hall–Kier alpha value is -1.22. The van der Waals surface area contributed by atoms with Crippen LogP contribution in [0, 0.1) is 5.82 Å². The summed E-state index contributed by atoms with van der Waals surface area (Å²) in [6, 6.07) is 3.20. The lowest BCUT2D eigenvalue weighted by atomic mass is 10.1. The van der Waals surface area contributed by atoms with Crippen LogP contribution >= 0.6 is 0 Å². The van der Waals surface area contributed by atoms with Crippen molar-refractivity contribution >= 4 is 15.7 Å². The average molecular weight is 318 g/mol. The molecule has 1 unspecified atom stereocenters. The molecule has 1 aliphatic heterocycles. The summed E-state index contributed by atoms with van der Waals surface area (Å²) < 4.78 is 45.4. The third-order valence-corrected chi connectivity index (χ3v) is 4.97. The zero-order valence-corrected chi connectivity index (χ0v) is 12.7. The number of nitrogens with two attached hydrogens (primary N) is 1. The van der Waals surface area contributed by atoms with Gasteiger partial charge in [0.05, 0.1) is 23.2 Å². The van der Waals surface area contributed by atoms with E-state index in [0.29, 0.717) is 0 Å². The van der Waals surface area contributed by atoms with Crippen molar-refractivity contribution < 1.29 is 22.7 Å². The summed E-state index contributed by atoms with van der Waals surface area (Å²) >= 11 is 0. The number of hydrogen-bond donors (Lipinski definition) is 2. The van der Waals surface area contributed by atoms with Crippen LogP contribution in [0.3, 0.4) is 0 Å². The first-order valence-electron chi connectivity index (χ1n) is 6.49. The van der Waals surface area contributed by atoms with E-state index in [4.69, 9.17) is 10.5 Å². The Labute approximate surface area is 123 Å². The predicted octanol–water partition coefficient (Wildman–Crippen LogP) is 0.568. The number of aliphatic hydroxyl groups is 1. The molecule has 0 bridgehead atoms. The smallest absolute Gasteiger partial charge is 0.243 e. The second-order valence-corrected chi connectivity index (χ2v) is 7.64. The van der Waals surface area contributed by atoms with Crippen molar-refractivity contribution in [1.29, 1.82) is 0 Å². The first-order chi connectivity index (χ1) is 9.64. The van der Waals surface area contributed by atoms with E-state index < -0.39 is 27.5 Å². The summed E-state index contributed by atoms with van der Waals surface area (Å²) in [5, 5.41) is 9.24. The molecule has 8 heteroatoms. The molecule has 0 amide bonds. The van der Waals surface area contributed by atoms with Crippen molar-refractivity contribution in [2.75, 3.05) is 25.4 Å². The van der Waals surface area contributed by atoms with Gasteiger partial charge >= 0.3 is 0 Å². The first kappa shape index (κ1) is 16.2. The van der Waals surface area contributed by atoms with E-state index in [-0.39, 0.29) is 30.3 Å². The minimum Gasteiger partial charge on any atom is -0.399 e. The molecule has 1 heterocycles. The third-order valence-electron chi connectivity index (χ3n) is 3.19. The number of aliphatic hydroxyl groups excluding tert-OH is 1. The average Bonchev–Trinajstić information content (AvgIpc) is 2.35. The summed E-state index contributed by atoms with van der Waals surface area (Å²) in [5.74, 6) is -0.709. The van der Waals surface area contributed by atoms with E-state index in [1.807, 2.05) is 0 Å². The van der Waals surface area contributed by atoms with Crippen LogP contribution in [0.15, 0.2) is 23.1 Å². The van der Waals surface area contributed by atoms with Crippen molar-refractivity contribution in [3.63, 3.8) is 0 Å². The number of nitrogen functional groups attached to an aromatic ring is 1. The number of nitrogens with zero attached hydrogens (tertiary/aromatic N) is 1. The molecule has 0 aliphatic carbocycles. The van der Waals surface area contributed by atoms with Gasteiger partial charge in [-0.3, -0.25) is 0 Å².